The molecule has 1 heterocycles. The maximum atomic E-state index is 4.06. The molecule has 0 amide bonds. The number of allylic oxidation sites excluding steroid dienone is 1. The average Bonchev–Trinajstić information content (AvgIpc) is 2.60. The highest BCUT2D eigenvalue weighted by Crippen LogP contribution is 2.42. The predicted octanol–water partition coefficient (Wildman–Crippen LogP) is 5.67. The SMILES string of the molecule is C=CC[C@@H]1[C@@H](C2CCCCC2)CCN(Cc2ccccc2)[C@H]1C. The van der Waals surface area contributed by atoms with Crippen molar-refractivity contribution in [1.82, 2.24) is 4.90 Å². The van der Waals surface area contributed by atoms with Crippen LogP contribution in [0, 0.1) is 17.8 Å². The van der Waals surface area contributed by atoms with Gasteiger partial charge in [-0.2, -0.15) is 0 Å². The third-order valence-electron chi connectivity index (χ3n) is 6.42. The van der Waals surface area contributed by atoms with E-state index in [-0.39, 0.29) is 0 Å². The molecule has 1 saturated heterocycles. The van der Waals surface area contributed by atoms with Crippen LogP contribution < -0.4 is 0 Å². The second-order valence-corrected chi connectivity index (χ2v) is 7.74. The topological polar surface area (TPSA) is 3.24 Å². The number of hydrogen-bond donors (Lipinski definition) is 0. The first kappa shape index (κ1) is 16.8. The summed E-state index contributed by atoms with van der Waals surface area (Å²) in [5.74, 6) is 2.71. The van der Waals surface area contributed by atoms with Crippen LogP contribution in [0.15, 0.2) is 43.0 Å². The normalized spacial score (nSPS) is 30.2. The van der Waals surface area contributed by atoms with Gasteiger partial charge in [-0.1, -0.05) is 68.5 Å². The molecule has 126 valence electrons. The highest BCUT2D eigenvalue weighted by Gasteiger charge is 2.38. The van der Waals surface area contributed by atoms with Crippen LogP contribution in [0.4, 0.5) is 0 Å². The van der Waals surface area contributed by atoms with Gasteiger partial charge < -0.3 is 0 Å². The van der Waals surface area contributed by atoms with Crippen molar-refractivity contribution in [2.45, 2.75) is 64.5 Å². The van der Waals surface area contributed by atoms with Crippen LogP contribution in [0.2, 0.25) is 0 Å². The molecule has 1 heteroatoms. The van der Waals surface area contributed by atoms with Crippen LogP contribution in [0.5, 0.6) is 0 Å². The molecule has 0 aromatic heterocycles. The van der Waals surface area contributed by atoms with E-state index in [4.69, 9.17) is 0 Å². The van der Waals surface area contributed by atoms with Crippen molar-refractivity contribution in [3.8, 4) is 0 Å². The molecule has 0 N–H and O–H groups in total. The predicted molar refractivity (Wildman–Crippen MR) is 99.3 cm³/mol. The first-order chi connectivity index (χ1) is 11.3. The van der Waals surface area contributed by atoms with Gasteiger partial charge in [0.15, 0.2) is 0 Å². The summed E-state index contributed by atoms with van der Waals surface area (Å²) in [6, 6.07) is 11.6. The molecule has 0 radical (unpaired) electrons. The summed E-state index contributed by atoms with van der Waals surface area (Å²) >= 11 is 0. The summed E-state index contributed by atoms with van der Waals surface area (Å²) in [4.78, 5) is 2.71. The smallest absolute Gasteiger partial charge is 0.0236 e. The minimum absolute atomic E-state index is 0.675. The number of rotatable bonds is 5. The second kappa shape index (κ2) is 8.15. The van der Waals surface area contributed by atoms with E-state index in [0.29, 0.717) is 6.04 Å². The van der Waals surface area contributed by atoms with E-state index in [1.807, 2.05) is 0 Å². The molecule has 0 bridgehead atoms. The summed E-state index contributed by atoms with van der Waals surface area (Å²) in [7, 11) is 0. The van der Waals surface area contributed by atoms with Gasteiger partial charge in [0.1, 0.15) is 0 Å². The van der Waals surface area contributed by atoms with Crippen molar-refractivity contribution < 1.29 is 0 Å². The first-order valence-electron chi connectivity index (χ1n) is 9.68. The zero-order chi connectivity index (χ0) is 16.1. The van der Waals surface area contributed by atoms with Gasteiger partial charge in [-0.3, -0.25) is 4.90 Å². The van der Waals surface area contributed by atoms with Gasteiger partial charge in [-0.05, 0) is 49.6 Å². The number of piperidine rings is 1. The van der Waals surface area contributed by atoms with Gasteiger partial charge in [0.25, 0.3) is 0 Å². The number of hydrogen-bond acceptors (Lipinski definition) is 1. The van der Waals surface area contributed by atoms with Crippen LogP contribution in [0.25, 0.3) is 0 Å². The first-order valence-corrected chi connectivity index (χ1v) is 9.68. The molecule has 1 saturated carbocycles. The third-order valence-corrected chi connectivity index (χ3v) is 6.42. The molecular formula is C22H33N. The molecule has 1 aliphatic carbocycles. The highest BCUT2D eigenvalue weighted by molar-refractivity contribution is 5.15. The van der Waals surface area contributed by atoms with Crippen molar-refractivity contribution in [2.75, 3.05) is 6.54 Å². The summed E-state index contributed by atoms with van der Waals surface area (Å²) in [5, 5.41) is 0. The van der Waals surface area contributed by atoms with Crippen molar-refractivity contribution in [3.63, 3.8) is 0 Å². The lowest BCUT2D eigenvalue weighted by Gasteiger charge is -2.47. The summed E-state index contributed by atoms with van der Waals surface area (Å²) in [5.41, 5.74) is 1.45. The molecular weight excluding hydrogens is 278 g/mol. The average molecular weight is 312 g/mol. The quantitative estimate of drug-likeness (QED) is 0.633. The van der Waals surface area contributed by atoms with Crippen LogP contribution in [0.1, 0.15) is 57.4 Å². The van der Waals surface area contributed by atoms with E-state index in [0.717, 1.165) is 24.3 Å². The summed E-state index contributed by atoms with van der Waals surface area (Å²) < 4.78 is 0. The Morgan fingerprint density at radius 1 is 1.09 bits per heavy atom. The molecule has 3 rings (SSSR count). The van der Waals surface area contributed by atoms with E-state index in [2.05, 4.69) is 54.8 Å². The molecule has 1 nitrogen and oxygen atoms in total. The molecule has 3 atom stereocenters. The minimum atomic E-state index is 0.675. The Hall–Kier alpha value is -1.08. The van der Waals surface area contributed by atoms with Crippen LogP contribution >= 0.6 is 0 Å². The Bertz CT molecular complexity index is 474. The maximum Gasteiger partial charge on any atom is 0.0236 e. The van der Waals surface area contributed by atoms with Gasteiger partial charge in [-0.15, -0.1) is 6.58 Å². The molecule has 23 heavy (non-hydrogen) atoms. The van der Waals surface area contributed by atoms with Crippen molar-refractivity contribution >= 4 is 0 Å². The zero-order valence-electron chi connectivity index (χ0n) is 14.8. The lowest BCUT2D eigenvalue weighted by molar-refractivity contribution is 0.0176. The molecule has 2 fully saturated rings. The van der Waals surface area contributed by atoms with Gasteiger partial charge in [0.2, 0.25) is 0 Å². The van der Waals surface area contributed by atoms with E-state index < -0.39 is 0 Å². The third kappa shape index (κ3) is 4.07. The van der Waals surface area contributed by atoms with Gasteiger partial charge in [0, 0.05) is 12.6 Å². The lowest BCUT2D eigenvalue weighted by atomic mass is 9.67. The molecule has 0 spiro atoms. The van der Waals surface area contributed by atoms with Crippen LogP contribution in [-0.2, 0) is 6.54 Å². The Labute approximate surface area is 142 Å². The molecule has 1 aliphatic heterocycles. The largest absolute Gasteiger partial charge is 0.296 e. The molecule has 0 unspecified atom stereocenters. The lowest BCUT2D eigenvalue weighted by Crippen LogP contribution is -2.49. The highest BCUT2D eigenvalue weighted by atomic mass is 15.2. The number of nitrogens with zero attached hydrogens (tertiary/aromatic N) is 1. The Balaban J connectivity index is 1.69. The minimum Gasteiger partial charge on any atom is -0.296 e. The fraction of sp³-hybridized carbons (Fsp3) is 0.636. The Morgan fingerprint density at radius 2 is 1.83 bits per heavy atom. The number of likely N-dealkylation sites (tertiary alicyclic amines) is 1. The zero-order valence-corrected chi connectivity index (χ0v) is 14.8. The maximum absolute atomic E-state index is 4.06. The van der Waals surface area contributed by atoms with Crippen LogP contribution in [-0.4, -0.2) is 17.5 Å². The molecule has 1 aromatic carbocycles. The van der Waals surface area contributed by atoms with Crippen molar-refractivity contribution in [1.29, 1.82) is 0 Å². The molecule has 1 aromatic rings. The van der Waals surface area contributed by atoms with Gasteiger partial charge in [0.05, 0.1) is 0 Å². The molecule has 2 aliphatic rings. The van der Waals surface area contributed by atoms with Gasteiger partial charge in [-0.25, -0.2) is 0 Å². The monoisotopic (exact) mass is 311 g/mol. The van der Waals surface area contributed by atoms with Crippen molar-refractivity contribution in [2.24, 2.45) is 17.8 Å². The summed E-state index contributed by atoms with van der Waals surface area (Å²) in [6.07, 6.45) is 12.1. The fourth-order valence-corrected chi connectivity index (χ4v) is 5.11. The van der Waals surface area contributed by atoms with E-state index in [9.17, 15) is 0 Å². The van der Waals surface area contributed by atoms with E-state index >= 15 is 0 Å². The van der Waals surface area contributed by atoms with Crippen LogP contribution in [0.3, 0.4) is 0 Å². The van der Waals surface area contributed by atoms with Gasteiger partial charge >= 0.3 is 0 Å². The van der Waals surface area contributed by atoms with E-state index in [1.54, 1.807) is 0 Å². The second-order valence-electron chi connectivity index (χ2n) is 7.74. The standard InChI is InChI=1S/C22H33N/c1-3-10-21-18(2)23(17-19-11-6-4-7-12-19)16-15-22(21)20-13-8-5-9-14-20/h3-4,6-7,11-12,18,20-22H,1,5,8-10,13-17H2,2H3/t18-,21-,22+/m0/s1. The van der Waals surface area contributed by atoms with E-state index in [1.165, 1.54) is 57.1 Å². The fourth-order valence-electron chi connectivity index (χ4n) is 5.11. The summed E-state index contributed by atoms with van der Waals surface area (Å²) in [6.45, 7) is 8.90. The number of benzene rings is 1. The Morgan fingerprint density at radius 3 is 2.52 bits per heavy atom. The van der Waals surface area contributed by atoms with Crippen molar-refractivity contribution in [3.05, 3.63) is 48.6 Å². The Kier molecular flexibility index (Phi) is 5.94.